The Hall–Kier alpha value is -2.97. The molecule has 230 valence electrons. The molecule has 2 saturated heterocycles. The maximum Gasteiger partial charge on any atom is 0.239 e. The van der Waals surface area contributed by atoms with Gasteiger partial charge >= 0.3 is 0 Å². The summed E-state index contributed by atoms with van der Waals surface area (Å²) in [4.78, 5) is 19.9. The first kappa shape index (κ1) is 31.5. The molecule has 8 heteroatoms. The van der Waals surface area contributed by atoms with E-state index in [1.54, 1.807) is 6.07 Å². The van der Waals surface area contributed by atoms with Crippen LogP contribution >= 0.6 is 11.6 Å². The zero-order valence-corrected chi connectivity index (χ0v) is 26.2. The third-order valence-electron chi connectivity index (χ3n) is 8.99. The molecule has 0 bridgehead atoms. The quantitative estimate of drug-likeness (QED) is 0.317. The molecule has 3 aromatic rings. The lowest BCUT2D eigenvalue weighted by Gasteiger charge is -2.39. The van der Waals surface area contributed by atoms with Crippen molar-refractivity contribution in [3.8, 4) is 16.9 Å². The monoisotopic (exact) mass is 606 g/mol. The zero-order valence-electron chi connectivity index (χ0n) is 25.4. The molecule has 5 rings (SSSR count). The van der Waals surface area contributed by atoms with Gasteiger partial charge in [-0.05, 0) is 81.4 Å². The van der Waals surface area contributed by atoms with Gasteiger partial charge in [-0.25, -0.2) is 4.39 Å². The van der Waals surface area contributed by atoms with E-state index in [9.17, 15) is 9.18 Å². The molecule has 2 heterocycles. The molecule has 0 aliphatic carbocycles. The first-order valence-corrected chi connectivity index (χ1v) is 16.0. The van der Waals surface area contributed by atoms with E-state index >= 15 is 0 Å². The van der Waals surface area contributed by atoms with Crippen molar-refractivity contribution in [1.82, 2.24) is 14.7 Å². The maximum atomic E-state index is 14.5. The fourth-order valence-electron chi connectivity index (χ4n) is 6.43. The number of nitrogens with zero attached hydrogens (tertiary/aromatic N) is 3. The molecular formula is C35H44ClFN4O2. The van der Waals surface area contributed by atoms with Gasteiger partial charge in [0.15, 0.2) is 0 Å². The summed E-state index contributed by atoms with van der Waals surface area (Å²) in [7, 11) is 0. The highest BCUT2D eigenvalue weighted by atomic mass is 35.5. The SMILES string of the molecule is CCOc1cccc(F)c1CN1CCN(C(=O)[C@H](N)C2CCN(CCc3cc(C)ccc3-c3ccccc3Cl)CC2)CC1. The fraction of sp³-hybridized carbons (Fsp3) is 0.457. The summed E-state index contributed by atoms with van der Waals surface area (Å²) in [6.07, 6.45) is 2.79. The Morgan fingerprint density at radius 3 is 2.44 bits per heavy atom. The van der Waals surface area contributed by atoms with Crippen LogP contribution in [0.5, 0.6) is 5.75 Å². The van der Waals surface area contributed by atoms with Gasteiger partial charge in [0, 0.05) is 55.4 Å². The van der Waals surface area contributed by atoms with Gasteiger partial charge in [-0.1, -0.05) is 59.6 Å². The van der Waals surface area contributed by atoms with Crippen molar-refractivity contribution in [3.05, 3.63) is 88.2 Å². The Kier molecular flexibility index (Phi) is 10.7. The highest BCUT2D eigenvalue weighted by Gasteiger charge is 2.33. The van der Waals surface area contributed by atoms with Crippen LogP contribution in [-0.2, 0) is 17.8 Å². The van der Waals surface area contributed by atoms with Gasteiger partial charge in [-0.3, -0.25) is 9.69 Å². The molecule has 1 atom stereocenters. The minimum atomic E-state index is -0.478. The van der Waals surface area contributed by atoms with Crippen LogP contribution in [0.4, 0.5) is 4.39 Å². The third-order valence-corrected chi connectivity index (χ3v) is 9.32. The Bertz CT molecular complexity index is 1390. The van der Waals surface area contributed by atoms with Crippen molar-refractivity contribution in [1.29, 1.82) is 0 Å². The number of likely N-dealkylation sites (tertiary alicyclic amines) is 1. The fourth-order valence-corrected chi connectivity index (χ4v) is 6.67. The van der Waals surface area contributed by atoms with Gasteiger partial charge in [0.1, 0.15) is 11.6 Å². The summed E-state index contributed by atoms with van der Waals surface area (Å²) in [6.45, 7) is 10.4. The molecule has 0 unspecified atom stereocenters. The maximum absolute atomic E-state index is 14.5. The van der Waals surface area contributed by atoms with Crippen LogP contribution < -0.4 is 10.5 Å². The van der Waals surface area contributed by atoms with Crippen molar-refractivity contribution in [2.75, 3.05) is 52.4 Å². The second-order valence-corrected chi connectivity index (χ2v) is 12.3. The predicted molar refractivity (Wildman–Crippen MR) is 172 cm³/mol. The van der Waals surface area contributed by atoms with Crippen molar-refractivity contribution in [2.45, 2.75) is 45.7 Å². The van der Waals surface area contributed by atoms with Crippen LogP contribution in [0.25, 0.3) is 11.1 Å². The first-order valence-electron chi connectivity index (χ1n) is 15.6. The minimum Gasteiger partial charge on any atom is -0.493 e. The minimum absolute atomic E-state index is 0.0446. The largest absolute Gasteiger partial charge is 0.493 e. The van der Waals surface area contributed by atoms with Crippen LogP contribution in [0.15, 0.2) is 60.7 Å². The average molecular weight is 607 g/mol. The number of amides is 1. The third kappa shape index (κ3) is 7.76. The molecule has 6 nitrogen and oxygen atoms in total. The lowest BCUT2D eigenvalue weighted by molar-refractivity contribution is -0.136. The average Bonchev–Trinajstić information content (AvgIpc) is 3.02. The van der Waals surface area contributed by atoms with Gasteiger partial charge in [0.25, 0.3) is 0 Å². The van der Waals surface area contributed by atoms with E-state index in [4.69, 9.17) is 22.1 Å². The summed E-state index contributed by atoms with van der Waals surface area (Å²) in [5, 5.41) is 0.772. The highest BCUT2D eigenvalue weighted by molar-refractivity contribution is 6.33. The number of hydrogen-bond donors (Lipinski definition) is 1. The number of piperidine rings is 1. The first-order chi connectivity index (χ1) is 20.8. The van der Waals surface area contributed by atoms with E-state index in [-0.39, 0.29) is 17.6 Å². The molecule has 0 spiro atoms. The van der Waals surface area contributed by atoms with Crippen LogP contribution in [-0.4, -0.2) is 79.1 Å². The Morgan fingerprint density at radius 1 is 0.977 bits per heavy atom. The number of aryl methyl sites for hydroxylation is 1. The lowest BCUT2D eigenvalue weighted by Crippen LogP contribution is -2.55. The zero-order chi connectivity index (χ0) is 30.3. The van der Waals surface area contributed by atoms with Crippen LogP contribution in [0.2, 0.25) is 5.02 Å². The predicted octanol–water partition coefficient (Wildman–Crippen LogP) is 5.78. The van der Waals surface area contributed by atoms with Gasteiger partial charge in [0.05, 0.1) is 12.6 Å². The molecular weight excluding hydrogens is 563 g/mol. The molecule has 0 saturated carbocycles. The van der Waals surface area contributed by atoms with E-state index in [0.29, 0.717) is 50.6 Å². The van der Waals surface area contributed by atoms with E-state index in [2.05, 4.69) is 41.0 Å². The molecule has 43 heavy (non-hydrogen) atoms. The lowest BCUT2D eigenvalue weighted by atomic mass is 9.88. The Balaban J connectivity index is 1.09. The number of benzene rings is 3. The highest BCUT2D eigenvalue weighted by Crippen LogP contribution is 2.32. The smallest absolute Gasteiger partial charge is 0.239 e. The molecule has 2 aliphatic rings. The molecule has 0 aromatic heterocycles. The molecule has 1 amide bonds. The van der Waals surface area contributed by atoms with Crippen molar-refractivity contribution >= 4 is 17.5 Å². The number of piperazine rings is 1. The second kappa shape index (κ2) is 14.7. The van der Waals surface area contributed by atoms with E-state index in [1.807, 2.05) is 36.1 Å². The standard InChI is InChI=1S/C35H44ClFN4O2/c1-3-43-33-10-6-9-32(37)30(33)24-40-19-21-41(22-20-40)35(42)34(38)26-13-16-39(17-14-26)18-15-27-23-25(2)11-12-28(27)29-7-4-5-8-31(29)36/h4-12,23,26,34H,3,13-22,24,38H2,1-2H3/t34-/m1/s1. The number of ether oxygens (including phenoxy) is 1. The molecule has 2 aliphatic heterocycles. The number of carbonyl (C=O) groups excluding carboxylic acids is 1. The molecule has 2 fully saturated rings. The second-order valence-electron chi connectivity index (χ2n) is 11.8. The van der Waals surface area contributed by atoms with Gasteiger partial charge in [0.2, 0.25) is 5.91 Å². The van der Waals surface area contributed by atoms with Crippen molar-refractivity contribution < 1.29 is 13.9 Å². The summed E-state index contributed by atoms with van der Waals surface area (Å²) in [5.41, 5.74) is 12.0. The molecule has 2 N–H and O–H groups in total. The van der Waals surface area contributed by atoms with Crippen LogP contribution in [0, 0.1) is 18.7 Å². The van der Waals surface area contributed by atoms with Gasteiger partial charge in [-0.15, -0.1) is 0 Å². The van der Waals surface area contributed by atoms with E-state index in [1.165, 1.54) is 22.8 Å². The van der Waals surface area contributed by atoms with E-state index < -0.39 is 6.04 Å². The summed E-state index contributed by atoms with van der Waals surface area (Å²) in [5.74, 6) is 0.571. The van der Waals surface area contributed by atoms with Crippen molar-refractivity contribution in [3.63, 3.8) is 0 Å². The Morgan fingerprint density at radius 2 is 1.72 bits per heavy atom. The number of rotatable bonds is 10. The molecule has 0 radical (unpaired) electrons. The van der Waals surface area contributed by atoms with Crippen LogP contribution in [0.1, 0.15) is 36.5 Å². The number of hydrogen-bond acceptors (Lipinski definition) is 5. The number of carbonyl (C=O) groups is 1. The summed E-state index contributed by atoms with van der Waals surface area (Å²) in [6, 6.07) is 19.1. The van der Waals surface area contributed by atoms with Crippen LogP contribution in [0.3, 0.4) is 0 Å². The summed E-state index contributed by atoms with van der Waals surface area (Å²) < 4.78 is 20.2. The van der Waals surface area contributed by atoms with Crippen molar-refractivity contribution in [2.24, 2.45) is 11.7 Å². The van der Waals surface area contributed by atoms with Gasteiger partial charge in [-0.2, -0.15) is 0 Å². The normalized spacial score (nSPS) is 17.7. The topological polar surface area (TPSA) is 62.0 Å². The van der Waals surface area contributed by atoms with E-state index in [0.717, 1.165) is 49.5 Å². The molecule has 3 aromatic carbocycles. The summed E-state index contributed by atoms with van der Waals surface area (Å²) >= 11 is 6.53. The number of nitrogens with two attached hydrogens (primary N) is 1. The number of halogens is 2. The Labute approximate surface area is 260 Å². The van der Waals surface area contributed by atoms with Gasteiger partial charge < -0.3 is 20.3 Å².